The van der Waals surface area contributed by atoms with Crippen LogP contribution in [0.1, 0.15) is 51.9 Å². The second-order valence-electron chi connectivity index (χ2n) is 6.90. The van der Waals surface area contributed by atoms with Gasteiger partial charge in [-0.1, -0.05) is 12.5 Å². The summed E-state index contributed by atoms with van der Waals surface area (Å²) in [6.07, 6.45) is 4.84. The van der Waals surface area contributed by atoms with E-state index < -0.39 is 11.9 Å². The summed E-state index contributed by atoms with van der Waals surface area (Å²) in [5.41, 5.74) is 3.10. The minimum atomic E-state index is -0.488. The van der Waals surface area contributed by atoms with Gasteiger partial charge in [0.15, 0.2) is 0 Å². The van der Waals surface area contributed by atoms with Crippen molar-refractivity contribution in [2.24, 2.45) is 0 Å². The number of rotatable bonds is 3. The smallest absolute Gasteiger partial charge is 0.334 e. The normalized spacial score (nSPS) is 26.2. The molecular formula is C19H25NO5. The average Bonchev–Trinajstić information content (AvgIpc) is 2.65. The lowest BCUT2D eigenvalue weighted by Crippen LogP contribution is -2.53. The molecule has 0 N–H and O–H groups in total. The van der Waals surface area contributed by atoms with Crippen molar-refractivity contribution in [3.8, 4) is 0 Å². The van der Waals surface area contributed by atoms with Crippen molar-refractivity contribution < 1.29 is 23.9 Å². The molecule has 1 fully saturated rings. The highest BCUT2D eigenvalue weighted by Crippen LogP contribution is 2.44. The topological polar surface area (TPSA) is 72.9 Å². The largest absolute Gasteiger partial charge is 0.466 e. The Morgan fingerprint density at radius 2 is 1.76 bits per heavy atom. The highest BCUT2D eigenvalue weighted by Gasteiger charge is 2.43. The zero-order chi connectivity index (χ0) is 18.1. The average molecular weight is 347 g/mol. The lowest BCUT2D eigenvalue weighted by atomic mass is 9.74. The maximum Gasteiger partial charge on any atom is 0.334 e. The molecule has 0 aromatic heterocycles. The highest BCUT2D eigenvalue weighted by molar-refractivity contribution is 6.01. The molecule has 1 saturated heterocycles. The Hall–Kier alpha value is -2.11. The van der Waals surface area contributed by atoms with Gasteiger partial charge in [-0.05, 0) is 31.3 Å². The van der Waals surface area contributed by atoms with Crippen LogP contribution < -0.4 is 0 Å². The molecular weight excluding hydrogens is 322 g/mol. The van der Waals surface area contributed by atoms with E-state index in [-0.39, 0.29) is 18.0 Å². The lowest BCUT2D eigenvalue weighted by Gasteiger charge is -2.48. The second kappa shape index (κ2) is 7.02. The number of ether oxygens (including phenoxy) is 2. The second-order valence-corrected chi connectivity index (χ2v) is 6.90. The van der Waals surface area contributed by atoms with Crippen LogP contribution in [0.5, 0.6) is 0 Å². The fraction of sp³-hybridized carbons (Fsp3) is 0.632. The van der Waals surface area contributed by atoms with Crippen LogP contribution in [0, 0.1) is 0 Å². The number of esters is 2. The molecule has 136 valence electrons. The minimum Gasteiger partial charge on any atom is -0.466 e. The quantitative estimate of drug-likeness (QED) is 0.578. The highest BCUT2D eigenvalue weighted by atomic mass is 16.5. The molecule has 2 atom stereocenters. The molecule has 0 saturated carbocycles. The Kier molecular flexibility index (Phi) is 4.97. The molecule has 0 radical (unpaired) electrons. The number of hydrogen-bond donors (Lipinski definition) is 0. The van der Waals surface area contributed by atoms with Crippen molar-refractivity contribution in [3.63, 3.8) is 0 Å². The number of carbonyl (C=O) groups is 3. The summed E-state index contributed by atoms with van der Waals surface area (Å²) >= 11 is 0. The van der Waals surface area contributed by atoms with E-state index in [0.717, 1.165) is 31.3 Å². The van der Waals surface area contributed by atoms with Gasteiger partial charge < -0.3 is 14.4 Å². The molecule has 0 aromatic rings. The number of fused-ring (bicyclic) bond motifs is 2. The summed E-state index contributed by atoms with van der Waals surface area (Å²) in [6, 6.07) is 0.226. The van der Waals surface area contributed by atoms with Crippen molar-refractivity contribution in [3.05, 3.63) is 22.3 Å². The fourth-order valence-corrected chi connectivity index (χ4v) is 4.46. The van der Waals surface area contributed by atoms with E-state index in [1.165, 1.54) is 19.8 Å². The summed E-state index contributed by atoms with van der Waals surface area (Å²) in [5.74, 6) is -0.752. The third kappa shape index (κ3) is 2.98. The summed E-state index contributed by atoms with van der Waals surface area (Å²) in [6.45, 7) is 2.09. The standard InChI is InChI=1S/C19H25NO5/c1-4-12-8-11-9-14(18(22)24-2)15(19(23)25-3)10-13(11)16-6-5-7-17(21)20(12)16/h12,16H,4-10H2,1-3H3. The van der Waals surface area contributed by atoms with Crippen molar-refractivity contribution in [1.29, 1.82) is 0 Å². The molecule has 6 heteroatoms. The molecule has 25 heavy (non-hydrogen) atoms. The van der Waals surface area contributed by atoms with E-state index in [1.807, 2.05) is 4.90 Å². The van der Waals surface area contributed by atoms with Gasteiger partial charge in [-0.2, -0.15) is 0 Å². The van der Waals surface area contributed by atoms with E-state index in [4.69, 9.17) is 9.47 Å². The Bertz CT molecular complexity index is 675. The van der Waals surface area contributed by atoms with Gasteiger partial charge in [-0.15, -0.1) is 0 Å². The molecule has 6 nitrogen and oxygen atoms in total. The molecule has 2 aliphatic heterocycles. The van der Waals surface area contributed by atoms with Gasteiger partial charge in [-0.3, -0.25) is 4.79 Å². The summed E-state index contributed by atoms with van der Waals surface area (Å²) in [7, 11) is 2.64. The molecule has 0 spiro atoms. The fourth-order valence-electron chi connectivity index (χ4n) is 4.46. The summed E-state index contributed by atoms with van der Waals surface area (Å²) < 4.78 is 9.77. The minimum absolute atomic E-state index is 0.0498. The first-order valence-corrected chi connectivity index (χ1v) is 8.92. The molecule has 1 amide bonds. The van der Waals surface area contributed by atoms with Crippen molar-refractivity contribution >= 4 is 17.8 Å². The number of hydrogen-bond acceptors (Lipinski definition) is 5. The zero-order valence-electron chi connectivity index (χ0n) is 15.1. The Morgan fingerprint density at radius 3 is 2.36 bits per heavy atom. The monoisotopic (exact) mass is 347 g/mol. The van der Waals surface area contributed by atoms with Gasteiger partial charge in [0.25, 0.3) is 0 Å². The van der Waals surface area contributed by atoms with Crippen LogP contribution in [0.3, 0.4) is 0 Å². The number of nitrogens with zero attached hydrogens (tertiary/aromatic N) is 1. The molecule has 0 aromatic carbocycles. The summed E-state index contributed by atoms with van der Waals surface area (Å²) in [5, 5.41) is 0. The Labute approximate surface area is 147 Å². The van der Waals surface area contributed by atoms with Gasteiger partial charge in [0.1, 0.15) is 0 Å². The Morgan fingerprint density at radius 1 is 1.12 bits per heavy atom. The first-order chi connectivity index (χ1) is 12.0. The van der Waals surface area contributed by atoms with Crippen molar-refractivity contribution in [2.75, 3.05) is 14.2 Å². The molecule has 2 unspecified atom stereocenters. The van der Waals surface area contributed by atoms with Crippen LogP contribution in [0.15, 0.2) is 22.3 Å². The van der Waals surface area contributed by atoms with Crippen LogP contribution in [-0.2, 0) is 23.9 Å². The van der Waals surface area contributed by atoms with E-state index in [1.54, 1.807) is 0 Å². The number of piperidine rings is 1. The predicted molar refractivity (Wildman–Crippen MR) is 90.5 cm³/mol. The van der Waals surface area contributed by atoms with E-state index >= 15 is 0 Å². The van der Waals surface area contributed by atoms with Crippen LogP contribution >= 0.6 is 0 Å². The molecule has 3 aliphatic rings. The first-order valence-electron chi connectivity index (χ1n) is 8.92. The van der Waals surface area contributed by atoms with Crippen LogP contribution in [-0.4, -0.2) is 49.0 Å². The maximum absolute atomic E-state index is 12.5. The van der Waals surface area contributed by atoms with Gasteiger partial charge in [0.2, 0.25) is 5.91 Å². The van der Waals surface area contributed by atoms with E-state index in [0.29, 0.717) is 30.4 Å². The van der Waals surface area contributed by atoms with Crippen LogP contribution in [0.2, 0.25) is 0 Å². The molecule has 3 rings (SSSR count). The number of methoxy groups -OCH3 is 2. The van der Waals surface area contributed by atoms with Gasteiger partial charge in [0, 0.05) is 25.3 Å². The Balaban J connectivity index is 2.00. The summed E-state index contributed by atoms with van der Waals surface area (Å²) in [4.78, 5) is 38.9. The van der Waals surface area contributed by atoms with E-state index in [9.17, 15) is 14.4 Å². The molecule has 2 heterocycles. The van der Waals surface area contributed by atoms with E-state index in [2.05, 4.69) is 6.92 Å². The molecule has 0 bridgehead atoms. The SMILES string of the molecule is CCC1CC2=C(CC(C(=O)OC)=C(C(=O)OC)C2)C2CCCC(=O)N12. The maximum atomic E-state index is 12.5. The number of amides is 1. The van der Waals surface area contributed by atoms with Crippen molar-refractivity contribution in [2.45, 2.75) is 64.0 Å². The van der Waals surface area contributed by atoms with Crippen LogP contribution in [0.4, 0.5) is 0 Å². The third-order valence-electron chi connectivity index (χ3n) is 5.68. The lowest BCUT2D eigenvalue weighted by molar-refractivity contribution is -0.140. The van der Waals surface area contributed by atoms with Crippen LogP contribution in [0.25, 0.3) is 0 Å². The molecule has 1 aliphatic carbocycles. The van der Waals surface area contributed by atoms with Gasteiger partial charge in [0.05, 0.1) is 31.4 Å². The third-order valence-corrected chi connectivity index (χ3v) is 5.68. The van der Waals surface area contributed by atoms with Crippen molar-refractivity contribution in [1.82, 2.24) is 4.90 Å². The zero-order valence-corrected chi connectivity index (χ0v) is 15.1. The number of carbonyl (C=O) groups excluding carboxylic acids is 3. The van der Waals surface area contributed by atoms with Gasteiger partial charge in [-0.25, -0.2) is 9.59 Å². The predicted octanol–water partition coefficient (Wildman–Crippen LogP) is 2.28. The van der Waals surface area contributed by atoms with Gasteiger partial charge >= 0.3 is 11.9 Å². The first kappa shape index (κ1) is 17.7.